The van der Waals surface area contributed by atoms with Crippen LogP contribution in [0, 0.1) is 0 Å². The van der Waals surface area contributed by atoms with Gasteiger partial charge in [0.15, 0.2) is 0 Å². The lowest BCUT2D eigenvalue weighted by atomic mass is 9.94. The fourth-order valence-corrected chi connectivity index (χ4v) is 3.04. The molecule has 0 aromatic heterocycles. The molecular formula is C17H27NO2. The monoisotopic (exact) mass is 277 g/mol. The van der Waals surface area contributed by atoms with Crippen molar-refractivity contribution in [2.24, 2.45) is 0 Å². The van der Waals surface area contributed by atoms with Gasteiger partial charge >= 0.3 is 0 Å². The van der Waals surface area contributed by atoms with Crippen LogP contribution in [0.1, 0.15) is 57.1 Å². The molecule has 1 aromatic carbocycles. The molecule has 0 unspecified atom stereocenters. The van der Waals surface area contributed by atoms with Crippen LogP contribution >= 0.6 is 0 Å². The quantitative estimate of drug-likeness (QED) is 0.810. The SMILES string of the molecule is COc1ccccc1[C@@H](C)NCC1(O)CCCCCC1. The molecule has 0 spiro atoms. The summed E-state index contributed by atoms with van der Waals surface area (Å²) >= 11 is 0. The molecule has 20 heavy (non-hydrogen) atoms. The molecule has 1 saturated carbocycles. The summed E-state index contributed by atoms with van der Waals surface area (Å²) in [6, 6.07) is 8.24. The molecule has 1 aromatic rings. The van der Waals surface area contributed by atoms with E-state index in [1.807, 2.05) is 18.2 Å². The fraction of sp³-hybridized carbons (Fsp3) is 0.647. The van der Waals surface area contributed by atoms with E-state index >= 15 is 0 Å². The number of aliphatic hydroxyl groups is 1. The molecule has 0 amide bonds. The summed E-state index contributed by atoms with van der Waals surface area (Å²) in [5, 5.41) is 14.2. The lowest BCUT2D eigenvalue weighted by Gasteiger charge is -2.29. The van der Waals surface area contributed by atoms with Gasteiger partial charge in [0.25, 0.3) is 0 Å². The fourth-order valence-electron chi connectivity index (χ4n) is 3.04. The van der Waals surface area contributed by atoms with Gasteiger partial charge in [0, 0.05) is 18.2 Å². The Hall–Kier alpha value is -1.06. The highest BCUT2D eigenvalue weighted by Crippen LogP contribution is 2.28. The van der Waals surface area contributed by atoms with Gasteiger partial charge in [0.2, 0.25) is 0 Å². The summed E-state index contributed by atoms with van der Waals surface area (Å²) in [6.07, 6.45) is 6.62. The molecule has 0 radical (unpaired) electrons. The number of methoxy groups -OCH3 is 1. The number of ether oxygens (including phenoxy) is 1. The number of benzene rings is 1. The summed E-state index contributed by atoms with van der Waals surface area (Å²) in [7, 11) is 1.70. The maximum Gasteiger partial charge on any atom is 0.123 e. The van der Waals surface area contributed by atoms with Crippen LogP contribution in [0.4, 0.5) is 0 Å². The van der Waals surface area contributed by atoms with Crippen molar-refractivity contribution in [3.05, 3.63) is 29.8 Å². The van der Waals surface area contributed by atoms with Gasteiger partial charge in [-0.1, -0.05) is 43.9 Å². The van der Waals surface area contributed by atoms with Crippen molar-refractivity contribution >= 4 is 0 Å². The van der Waals surface area contributed by atoms with Gasteiger partial charge in [-0.2, -0.15) is 0 Å². The lowest BCUT2D eigenvalue weighted by Crippen LogP contribution is -2.41. The third-order valence-corrected chi connectivity index (χ3v) is 4.38. The molecule has 0 aliphatic heterocycles. The normalized spacial score (nSPS) is 20.1. The van der Waals surface area contributed by atoms with Crippen molar-refractivity contribution in [2.75, 3.05) is 13.7 Å². The molecule has 0 heterocycles. The smallest absolute Gasteiger partial charge is 0.123 e. The van der Waals surface area contributed by atoms with E-state index in [1.54, 1.807) is 7.11 Å². The molecule has 0 saturated heterocycles. The van der Waals surface area contributed by atoms with E-state index in [1.165, 1.54) is 12.8 Å². The lowest BCUT2D eigenvalue weighted by molar-refractivity contribution is 0.0231. The summed E-state index contributed by atoms with van der Waals surface area (Å²) in [6.45, 7) is 2.78. The highest BCUT2D eigenvalue weighted by atomic mass is 16.5. The minimum absolute atomic E-state index is 0.179. The van der Waals surface area contributed by atoms with Crippen LogP contribution in [0.15, 0.2) is 24.3 Å². The number of rotatable bonds is 5. The van der Waals surface area contributed by atoms with E-state index in [-0.39, 0.29) is 6.04 Å². The van der Waals surface area contributed by atoms with Crippen LogP contribution in [-0.2, 0) is 0 Å². The van der Waals surface area contributed by atoms with Crippen LogP contribution in [0.25, 0.3) is 0 Å². The summed E-state index contributed by atoms with van der Waals surface area (Å²) in [5.41, 5.74) is 0.611. The molecule has 2 rings (SSSR count). The van der Waals surface area contributed by atoms with Crippen molar-refractivity contribution in [2.45, 2.75) is 57.1 Å². The predicted octanol–water partition coefficient (Wildman–Crippen LogP) is 3.43. The van der Waals surface area contributed by atoms with E-state index < -0.39 is 5.60 Å². The first kappa shape index (κ1) is 15.3. The highest BCUT2D eigenvalue weighted by Gasteiger charge is 2.28. The van der Waals surface area contributed by atoms with Gasteiger partial charge in [-0.05, 0) is 25.8 Å². The van der Waals surface area contributed by atoms with Gasteiger partial charge < -0.3 is 15.2 Å². The van der Waals surface area contributed by atoms with E-state index in [0.717, 1.165) is 37.0 Å². The van der Waals surface area contributed by atoms with Crippen LogP contribution in [0.2, 0.25) is 0 Å². The molecular weight excluding hydrogens is 250 g/mol. The van der Waals surface area contributed by atoms with Crippen LogP contribution in [0.3, 0.4) is 0 Å². The predicted molar refractivity (Wildman–Crippen MR) is 82.1 cm³/mol. The Kier molecular flexibility index (Phi) is 5.44. The maximum absolute atomic E-state index is 10.7. The first-order valence-corrected chi connectivity index (χ1v) is 7.73. The van der Waals surface area contributed by atoms with Gasteiger partial charge in [-0.25, -0.2) is 0 Å². The molecule has 1 aliphatic carbocycles. The maximum atomic E-state index is 10.7. The molecule has 1 aliphatic rings. The topological polar surface area (TPSA) is 41.5 Å². The number of nitrogens with one attached hydrogen (secondary N) is 1. The zero-order valence-corrected chi connectivity index (χ0v) is 12.7. The zero-order chi connectivity index (χ0) is 14.4. The zero-order valence-electron chi connectivity index (χ0n) is 12.7. The van der Waals surface area contributed by atoms with Gasteiger partial charge in [-0.3, -0.25) is 0 Å². The second-order valence-electron chi connectivity index (χ2n) is 5.98. The minimum Gasteiger partial charge on any atom is -0.496 e. The Bertz CT molecular complexity index is 411. The Labute approximate surface area is 122 Å². The van der Waals surface area contributed by atoms with Crippen LogP contribution in [0.5, 0.6) is 5.75 Å². The van der Waals surface area contributed by atoms with Crippen molar-refractivity contribution in [3.8, 4) is 5.75 Å². The van der Waals surface area contributed by atoms with Crippen molar-refractivity contribution in [1.82, 2.24) is 5.32 Å². The number of hydrogen-bond acceptors (Lipinski definition) is 3. The molecule has 1 atom stereocenters. The molecule has 3 nitrogen and oxygen atoms in total. The molecule has 112 valence electrons. The van der Waals surface area contributed by atoms with Crippen molar-refractivity contribution in [3.63, 3.8) is 0 Å². The van der Waals surface area contributed by atoms with E-state index in [2.05, 4.69) is 18.3 Å². The Morgan fingerprint density at radius 2 is 1.85 bits per heavy atom. The summed E-state index contributed by atoms with van der Waals surface area (Å²) in [4.78, 5) is 0. The first-order chi connectivity index (χ1) is 9.64. The van der Waals surface area contributed by atoms with E-state index in [4.69, 9.17) is 4.74 Å². The third-order valence-electron chi connectivity index (χ3n) is 4.38. The van der Waals surface area contributed by atoms with Gasteiger partial charge in [0.1, 0.15) is 5.75 Å². The van der Waals surface area contributed by atoms with Crippen LogP contribution in [-0.4, -0.2) is 24.4 Å². The number of para-hydroxylation sites is 1. The molecule has 1 fully saturated rings. The molecule has 2 N–H and O–H groups in total. The largest absolute Gasteiger partial charge is 0.496 e. The first-order valence-electron chi connectivity index (χ1n) is 7.73. The van der Waals surface area contributed by atoms with Gasteiger partial charge in [0.05, 0.1) is 12.7 Å². The average molecular weight is 277 g/mol. The van der Waals surface area contributed by atoms with Gasteiger partial charge in [-0.15, -0.1) is 0 Å². The summed E-state index contributed by atoms with van der Waals surface area (Å²) < 4.78 is 5.40. The van der Waals surface area contributed by atoms with E-state index in [0.29, 0.717) is 6.54 Å². The second-order valence-corrected chi connectivity index (χ2v) is 5.98. The Morgan fingerprint density at radius 1 is 1.20 bits per heavy atom. The third kappa shape index (κ3) is 3.97. The van der Waals surface area contributed by atoms with Crippen molar-refractivity contribution < 1.29 is 9.84 Å². The Morgan fingerprint density at radius 3 is 2.50 bits per heavy atom. The Balaban J connectivity index is 1.95. The average Bonchev–Trinajstić information content (AvgIpc) is 2.70. The highest BCUT2D eigenvalue weighted by molar-refractivity contribution is 5.35. The molecule has 0 bridgehead atoms. The molecule has 3 heteroatoms. The van der Waals surface area contributed by atoms with E-state index in [9.17, 15) is 5.11 Å². The van der Waals surface area contributed by atoms with Crippen molar-refractivity contribution in [1.29, 1.82) is 0 Å². The minimum atomic E-state index is -0.535. The number of hydrogen-bond donors (Lipinski definition) is 2. The standard InChI is InChI=1S/C17H27NO2/c1-14(15-9-5-6-10-16(15)20-2)18-13-17(19)11-7-3-4-8-12-17/h5-6,9-10,14,18-19H,3-4,7-8,11-13H2,1-2H3/t14-/m1/s1. The second kappa shape index (κ2) is 7.09. The van der Waals surface area contributed by atoms with Crippen LogP contribution < -0.4 is 10.1 Å². The summed E-state index contributed by atoms with van der Waals surface area (Å²) in [5.74, 6) is 0.903.